The lowest BCUT2D eigenvalue weighted by Gasteiger charge is -2.29. The van der Waals surface area contributed by atoms with Gasteiger partial charge in [-0.25, -0.2) is 0 Å². The summed E-state index contributed by atoms with van der Waals surface area (Å²) in [5, 5.41) is 6.48. The Hall–Kier alpha value is -1.03. The number of halogens is 1. The van der Waals surface area contributed by atoms with Crippen LogP contribution in [0.5, 0.6) is 0 Å². The standard InChI is InChI=1S/C12H19ClN2O2/c1-4-12(5-2,7-13)8-14-11(16)10-6-15-17-9(10)3/h6H,4-5,7-8H2,1-3H3,(H,14,16). The van der Waals surface area contributed by atoms with Crippen LogP contribution in [0.4, 0.5) is 0 Å². The molecule has 1 aromatic rings. The maximum atomic E-state index is 11.9. The highest BCUT2D eigenvalue weighted by Crippen LogP contribution is 2.27. The molecule has 5 heteroatoms. The fourth-order valence-corrected chi connectivity index (χ4v) is 2.09. The van der Waals surface area contributed by atoms with Crippen molar-refractivity contribution in [1.82, 2.24) is 10.5 Å². The van der Waals surface area contributed by atoms with E-state index < -0.39 is 0 Å². The normalized spacial score (nSPS) is 11.5. The van der Waals surface area contributed by atoms with Gasteiger partial charge >= 0.3 is 0 Å². The zero-order valence-corrected chi connectivity index (χ0v) is 11.3. The quantitative estimate of drug-likeness (QED) is 0.799. The molecule has 0 aromatic carbocycles. The molecule has 1 N–H and O–H groups in total. The average Bonchev–Trinajstić information content (AvgIpc) is 2.78. The minimum absolute atomic E-state index is 0.0255. The fourth-order valence-electron chi connectivity index (χ4n) is 1.62. The van der Waals surface area contributed by atoms with Crippen LogP contribution in [-0.4, -0.2) is 23.5 Å². The highest BCUT2D eigenvalue weighted by molar-refractivity contribution is 6.18. The number of aryl methyl sites for hydroxylation is 1. The van der Waals surface area contributed by atoms with Crippen molar-refractivity contribution < 1.29 is 9.32 Å². The van der Waals surface area contributed by atoms with Crippen LogP contribution in [0.3, 0.4) is 0 Å². The van der Waals surface area contributed by atoms with Crippen LogP contribution in [0.2, 0.25) is 0 Å². The molecule has 0 radical (unpaired) electrons. The van der Waals surface area contributed by atoms with Gasteiger partial charge in [-0.05, 0) is 19.8 Å². The second kappa shape index (κ2) is 6.05. The van der Waals surface area contributed by atoms with Gasteiger partial charge in [0.05, 0.1) is 6.20 Å². The van der Waals surface area contributed by atoms with Crippen molar-refractivity contribution in [3.05, 3.63) is 17.5 Å². The van der Waals surface area contributed by atoms with E-state index in [0.717, 1.165) is 12.8 Å². The molecular formula is C12H19ClN2O2. The van der Waals surface area contributed by atoms with E-state index in [9.17, 15) is 4.79 Å². The molecule has 0 bridgehead atoms. The Bertz CT molecular complexity index is 364. The number of alkyl halides is 1. The molecule has 1 aromatic heterocycles. The van der Waals surface area contributed by atoms with Crippen LogP contribution < -0.4 is 5.32 Å². The number of hydrogen-bond donors (Lipinski definition) is 1. The molecule has 0 fully saturated rings. The van der Waals surface area contributed by atoms with Gasteiger partial charge in [0.2, 0.25) is 0 Å². The van der Waals surface area contributed by atoms with Crippen LogP contribution >= 0.6 is 11.6 Å². The van der Waals surface area contributed by atoms with Crippen molar-refractivity contribution in [2.45, 2.75) is 33.6 Å². The summed E-state index contributed by atoms with van der Waals surface area (Å²) in [6.45, 7) is 6.47. The average molecular weight is 259 g/mol. The monoisotopic (exact) mass is 258 g/mol. The lowest BCUT2D eigenvalue weighted by molar-refractivity contribution is 0.0930. The lowest BCUT2D eigenvalue weighted by atomic mass is 9.84. The molecular weight excluding hydrogens is 240 g/mol. The Morgan fingerprint density at radius 3 is 2.59 bits per heavy atom. The first-order valence-corrected chi connectivity index (χ1v) is 6.37. The summed E-state index contributed by atoms with van der Waals surface area (Å²) in [7, 11) is 0. The number of amides is 1. The second-order valence-electron chi connectivity index (χ2n) is 4.32. The van der Waals surface area contributed by atoms with Crippen LogP contribution in [0.15, 0.2) is 10.7 Å². The smallest absolute Gasteiger partial charge is 0.256 e. The maximum absolute atomic E-state index is 11.9. The number of aromatic nitrogens is 1. The summed E-state index contributed by atoms with van der Waals surface area (Å²) in [6.07, 6.45) is 3.32. The van der Waals surface area contributed by atoms with Gasteiger partial charge in [0.25, 0.3) is 5.91 Å². The number of nitrogens with one attached hydrogen (secondary N) is 1. The maximum Gasteiger partial charge on any atom is 0.256 e. The van der Waals surface area contributed by atoms with Crippen LogP contribution in [0.1, 0.15) is 42.8 Å². The molecule has 1 amide bonds. The van der Waals surface area contributed by atoms with Crippen molar-refractivity contribution in [2.75, 3.05) is 12.4 Å². The van der Waals surface area contributed by atoms with Gasteiger partial charge in [-0.15, -0.1) is 11.6 Å². The predicted octanol–water partition coefficient (Wildman–Crippen LogP) is 2.76. The summed E-state index contributed by atoms with van der Waals surface area (Å²) in [5.74, 6) is 0.926. The molecule has 4 nitrogen and oxygen atoms in total. The van der Waals surface area contributed by atoms with E-state index in [0.29, 0.717) is 23.7 Å². The van der Waals surface area contributed by atoms with Crippen LogP contribution in [-0.2, 0) is 0 Å². The summed E-state index contributed by atoms with van der Waals surface area (Å²) < 4.78 is 4.86. The first-order valence-electron chi connectivity index (χ1n) is 5.84. The summed E-state index contributed by atoms with van der Waals surface area (Å²) in [6, 6.07) is 0. The topological polar surface area (TPSA) is 55.1 Å². The molecule has 1 heterocycles. The Morgan fingerprint density at radius 2 is 2.18 bits per heavy atom. The summed E-state index contributed by atoms with van der Waals surface area (Å²) >= 11 is 5.98. The molecule has 1 rings (SSSR count). The molecule has 0 atom stereocenters. The SMILES string of the molecule is CCC(CC)(CCl)CNC(=O)c1cnoc1C. The molecule has 0 spiro atoms. The van der Waals surface area contributed by atoms with Crippen molar-refractivity contribution in [3.8, 4) is 0 Å². The van der Waals surface area contributed by atoms with Gasteiger partial charge in [-0.2, -0.15) is 0 Å². The number of carbonyl (C=O) groups is 1. The Balaban J connectivity index is 2.62. The number of rotatable bonds is 6. The zero-order chi connectivity index (χ0) is 12.9. The van der Waals surface area contributed by atoms with Gasteiger partial charge in [0.15, 0.2) is 0 Å². The zero-order valence-electron chi connectivity index (χ0n) is 10.5. The van der Waals surface area contributed by atoms with E-state index in [1.807, 2.05) is 0 Å². The molecule has 0 aliphatic heterocycles. The van der Waals surface area contributed by atoms with Crippen molar-refractivity contribution in [2.24, 2.45) is 5.41 Å². The third kappa shape index (κ3) is 3.22. The minimum atomic E-state index is -0.153. The van der Waals surface area contributed by atoms with E-state index in [1.54, 1.807) is 6.92 Å². The minimum Gasteiger partial charge on any atom is -0.361 e. The third-order valence-corrected chi connectivity index (χ3v) is 3.97. The fraction of sp³-hybridized carbons (Fsp3) is 0.667. The predicted molar refractivity (Wildman–Crippen MR) is 67.3 cm³/mol. The molecule has 0 aliphatic rings. The summed E-state index contributed by atoms with van der Waals surface area (Å²) in [4.78, 5) is 11.9. The van der Waals surface area contributed by atoms with E-state index in [4.69, 9.17) is 16.1 Å². The molecule has 0 saturated carbocycles. The number of carbonyl (C=O) groups excluding carboxylic acids is 1. The van der Waals surface area contributed by atoms with Crippen molar-refractivity contribution in [1.29, 1.82) is 0 Å². The molecule has 17 heavy (non-hydrogen) atoms. The Labute approximate surface area is 107 Å². The van der Waals surface area contributed by atoms with Crippen molar-refractivity contribution >= 4 is 17.5 Å². The van der Waals surface area contributed by atoms with E-state index in [2.05, 4.69) is 24.3 Å². The van der Waals surface area contributed by atoms with E-state index in [-0.39, 0.29) is 11.3 Å². The Morgan fingerprint density at radius 1 is 1.53 bits per heavy atom. The second-order valence-corrected chi connectivity index (χ2v) is 4.59. The summed E-state index contributed by atoms with van der Waals surface area (Å²) in [5.41, 5.74) is 0.461. The first kappa shape index (κ1) is 14.0. The van der Waals surface area contributed by atoms with Crippen LogP contribution in [0.25, 0.3) is 0 Å². The van der Waals surface area contributed by atoms with E-state index in [1.165, 1.54) is 6.20 Å². The molecule has 0 saturated heterocycles. The largest absolute Gasteiger partial charge is 0.361 e. The van der Waals surface area contributed by atoms with Gasteiger partial charge in [-0.3, -0.25) is 4.79 Å². The third-order valence-electron chi connectivity index (χ3n) is 3.40. The van der Waals surface area contributed by atoms with Crippen molar-refractivity contribution in [3.63, 3.8) is 0 Å². The molecule has 96 valence electrons. The number of nitrogens with zero attached hydrogens (tertiary/aromatic N) is 1. The van der Waals surface area contributed by atoms with Gasteiger partial charge in [0.1, 0.15) is 11.3 Å². The highest BCUT2D eigenvalue weighted by Gasteiger charge is 2.26. The van der Waals surface area contributed by atoms with E-state index >= 15 is 0 Å². The highest BCUT2D eigenvalue weighted by atomic mass is 35.5. The van der Waals surface area contributed by atoms with Gasteiger partial charge in [0, 0.05) is 17.8 Å². The molecule has 0 unspecified atom stereocenters. The Kier molecular flexibility index (Phi) is 5.00. The van der Waals surface area contributed by atoms with Gasteiger partial charge < -0.3 is 9.84 Å². The molecule has 0 aliphatic carbocycles. The first-order chi connectivity index (χ1) is 8.08. The van der Waals surface area contributed by atoms with Gasteiger partial charge in [-0.1, -0.05) is 19.0 Å². The lowest BCUT2D eigenvalue weighted by Crippen LogP contribution is -2.38. The number of hydrogen-bond acceptors (Lipinski definition) is 3. The van der Waals surface area contributed by atoms with Crippen LogP contribution in [0, 0.1) is 12.3 Å².